The summed E-state index contributed by atoms with van der Waals surface area (Å²) in [5.41, 5.74) is 2.89. The Balaban J connectivity index is 1.45. The minimum atomic E-state index is -3.77. The highest BCUT2D eigenvalue weighted by Crippen LogP contribution is 2.26. The van der Waals surface area contributed by atoms with Gasteiger partial charge in [0.2, 0.25) is 10.0 Å². The normalized spacial score (nSPS) is 18.7. The average Bonchev–Trinajstić information content (AvgIpc) is 2.86. The second-order valence-corrected chi connectivity index (χ2v) is 10.8. The first kappa shape index (κ1) is 24.8. The fraction of sp³-hybridized carbons (Fsp3) is 0.320. The molecule has 184 valence electrons. The summed E-state index contributed by atoms with van der Waals surface area (Å²) in [6.45, 7) is 2.22. The number of sulfonamides is 1. The van der Waals surface area contributed by atoms with Crippen LogP contribution >= 0.6 is 0 Å². The van der Waals surface area contributed by atoms with Crippen LogP contribution < -0.4 is 5.32 Å². The zero-order valence-corrected chi connectivity index (χ0v) is 20.7. The summed E-state index contributed by atoms with van der Waals surface area (Å²) in [6.07, 6.45) is 2.88. The van der Waals surface area contributed by atoms with E-state index in [4.69, 9.17) is 0 Å². The summed E-state index contributed by atoms with van der Waals surface area (Å²) in [5.74, 6) is 0.443. The molecule has 3 aromatic rings. The van der Waals surface area contributed by atoms with Gasteiger partial charge in [0.1, 0.15) is 11.5 Å². The third-order valence-electron chi connectivity index (χ3n) is 6.00. The number of piperidine rings is 1. The highest BCUT2D eigenvalue weighted by atomic mass is 32.2. The monoisotopic (exact) mass is 495 g/mol. The predicted molar refractivity (Wildman–Crippen MR) is 133 cm³/mol. The molecule has 0 unspecified atom stereocenters. The number of hydrogen-bond donors (Lipinski definition) is 2. The van der Waals surface area contributed by atoms with E-state index in [0.29, 0.717) is 17.9 Å². The lowest BCUT2D eigenvalue weighted by atomic mass is 10.0. The standard InChI is InChI=1S/C25H29N5O4S/c1-17-4-9-24(27-15-17)28-21-11-13-30(16-23(21)31)35(33,34)20-7-5-18(6-8-20)19-10-12-26-22(14-19)25(32)29(2)3/h4-10,12,14-15,21,23,31H,11,13,16H2,1-3H3,(H,27,28)/t21-,23+/m1/s1. The van der Waals surface area contributed by atoms with E-state index in [1.54, 1.807) is 62.9 Å². The van der Waals surface area contributed by atoms with Crippen molar-refractivity contribution in [2.45, 2.75) is 30.4 Å². The second-order valence-electron chi connectivity index (χ2n) is 8.84. The van der Waals surface area contributed by atoms with Gasteiger partial charge in [-0.3, -0.25) is 9.78 Å². The molecule has 1 aliphatic heterocycles. The summed E-state index contributed by atoms with van der Waals surface area (Å²) in [4.78, 5) is 22.2. The average molecular weight is 496 g/mol. The molecule has 1 aromatic carbocycles. The van der Waals surface area contributed by atoms with Crippen LogP contribution in [0.4, 0.5) is 5.82 Å². The zero-order valence-electron chi connectivity index (χ0n) is 19.9. The van der Waals surface area contributed by atoms with Crippen molar-refractivity contribution in [1.29, 1.82) is 0 Å². The molecule has 9 nitrogen and oxygen atoms in total. The number of pyridine rings is 2. The van der Waals surface area contributed by atoms with E-state index >= 15 is 0 Å². The Bertz CT molecular complexity index is 1290. The fourth-order valence-corrected chi connectivity index (χ4v) is 5.43. The van der Waals surface area contributed by atoms with Crippen LogP contribution in [0.3, 0.4) is 0 Å². The Morgan fingerprint density at radius 3 is 2.46 bits per heavy atom. The third kappa shape index (κ3) is 5.50. The number of nitrogens with zero attached hydrogens (tertiary/aromatic N) is 4. The maximum Gasteiger partial charge on any atom is 0.271 e. The highest BCUT2D eigenvalue weighted by Gasteiger charge is 2.34. The summed E-state index contributed by atoms with van der Waals surface area (Å²) >= 11 is 0. The Kier molecular flexibility index (Phi) is 7.15. The van der Waals surface area contributed by atoms with Crippen molar-refractivity contribution >= 4 is 21.7 Å². The summed E-state index contributed by atoms with van der Waals surface area (Å²) < 4.78 is 27.8. The minimum Gasteiger partial charge on any atom is -0.390 e. The van der Waals surface area contributed by atoms with Crippen LogP contribution in [-0.2, 0) is 10.0 Å². The van der Waals surface area contributed by atoms with Crippen molar-refractivity contribution in [3.63, 3.8) is 0 Å². The van der Waals surface area contributed by atoms with Gasteiger partial charge in [-0.2, -0.15) is 4.31 Å². The predicted octanol–water partition coefficient (Wildman–Crippen LogP) is 2.39. The molecule has 0 aliphatic carbocycles. The van der Waals surface area contributed by atoms with E-state index in [0.717, 1.165) is 16.7 Å². The molecule has 1 fully saturated rings. The number of carbonyl (C=O) groups is 1. The number of carbonyl (C=O) groups excluding carboxylic acids is 1. The van der Waals surface area contributed by atoms with Crippen molar-refractivity contribution in [2.24, 2.45) is 0 Å². The molecule has 0 radical (unpaired) electrons. The van der Waals surface area contributed by atoms with Gasteiger partial charge in [-0.15, -0.1) is 0 Å². The van der Waals surface area contributed by atoms with Gasteiger partial charge in [-0.25, -0.2) is 13.4 Å². The van der Waals surface area contributed by atoms with Crippen molar-refractivity contribution in [3.05, 3.63) is 72.2 Å². The number of amides is 1. The van der Waals surface area contributed by atoms with E-state index < -0.39 is 16.1 Å². The van der Waals surface area contributed by atoms with Crippen molar-refractivity contribution in [3.8, 4) is 11.1 Å². The zero-order chi connectivity index (χ0) is 25.2. The molecule has 4 rings (SSSR count). The van der Waals surface area contributed by atoms with Crippen LogP contribution in [0.25, 0.3) is 11.1 Å². The number of benzene rings is 1. The van der Waals surface area contributed by atoms with Crippen molar-refractivity contribution < 1.29 is 18.3 Å². The number of aryl methyl sites for hydroxylation is 1. The van der Waals surface area contributed by atoms with Gasteiger partial charge in [0.15, 0.2) is 0 Å². The summed E-state index contributed by atoms with van der Waals surface area (Å²) in [6, 6.07) is 13.4. The van der Waals surface area contributed by atoms with Crippen LogP contribution in [0.5, 0.6) is 0 Å². The van der Waals surface area contributed by atoms with Gasteiger partial charge in [-0.05, 0) is 60.4 Å². The molecule has 2 N–H and O–H groups in total. The number of anilines is 1. The van der Waals surface area contributed by atoms with Crippen molar-refractivity contribution in [2.75, 3.05) is 32.5 Å². The van der Waals surface area contributed by atoms with Crippen LogP contribution in [0, 0.1) is 6.92 Å². The van der Waals surface area contributed by atoms with E-state index in [-0.39, 0.29) is 29.9 Å². The van der Waals surface area contributed by atoms with Crippen LogP contribution in [0.15, 0.2) is 65.8 Å². The molecule has 3 heterocycles. The van der Waals surface area contributed by atoms with Crippen LogP contribution in [0.2, 0.25) is 0 Å². The van der Waals surface area contributed by atoms with Crippen LogP contribution in [0.1, 0.15) is 22.5 Å². The second kappa shape index (κ2) is 10.1. The number of aliphatic hydroxyl groups excluding tert-OH is 1. The summed E-state index contributed by atoms with van der Waals surface area (Å²) in [5, 5.41) is 13.8. The molecule has 1 aliphatic rings. The molecule has 35 heavy (non-hydrogen) atoms. The van der Waals surface area contributed by atoms with Gasteiger partial charge in [0.05, 0.1) is 17.0 Å². The van der Waals surface area contributed by atoms with E-state index in [2.05, 4.69) is 15.3 Å². The highest BCUT2D eigenvalue weighted by molar-refractivity contribution is 7.89. The number of hydrogen-bond acceptors (Lipinski definition) is 7. The van der Waals surface area contributed by atoms with Gasteiger partial charge >= 0.3 is 0 Å². The van der Waals surface area contributed by atoms with E-state index in [1.165, 1.54) is 9.21 Å². The number of rotatable bonds is 6. The molecule has 0 saturated carbocycles. The van der Waals surface area contributed by atoms with E-state index in [1.807, 2.05) is 19.1 Å². The Morgan fingerprint density at radius 1 is 1.09 bits per heavy atom. The van der Waals surface area contributed by atoms with Crippen molar-refractivity contribution in [1.82, 2.24) is 19.2 Å². The quantitative estimate of drug-likeness (QED) is 0.539. The molecular weight excluding hydrogens is 466 g/mol. The Morgan fingerprint density at radius 2 is 1.83 bits per heavy atom. The van der Waals surface area contributed by atoms with Gasteiger partial charge in [-0.1, -0.05) is 18.2 Å². The fourth-order valence-electron chi connectivity index (χ4n) is 3.96. The lowest BCUT2D eigenvalue weighted by Gasteiger charge is -2.35. The smallest absolute Gasteiger partial charge is 0.271 e. The number of β-amino-alcohol motifs (C(OH)–C–C–N with tert-alkyl or cyclic N) is 1. The number of aromatic nitrogens is 2. The topological polar surface area (TPSA) is 116 Å². The largest absolute Gasteiger partial charge is 0.390 e. The maximum atomic E-state index is 13.2. The third-order valence-corrected chi connectivity index (χ3v) is 7.88. The number of nitrogens with one attached hydrogen (secondary N) is 1. The maximum absolute atomic E-state index is 13.2. The lowest BCUT2D eigenvalue weighted by molar-refractivity contribution is 0.0822. The Hall–Kier alpha value is -3.34. The molecular formula is C25H29N5O4S. The first-order chi connectivity index (χ1) is 16.6. The Labute approximate surface area is 205 Å². The first-order valence-corrected chi connectivity index (χ1v) is 12.7. The molecule has 0 bridgehead atoms. The molecule has 1 amide bonds. The molecule has 10 heteroatoms. The van der Waals surface area contributed by atoms with Crippen LogP contribution in [-0.4, -0.2) is 77.9 Å². The SMILES string of the molecule is Cc1ccc(N[C@@H]2CCN(S(=O)(=O)c3ccc(-c4ccnc(C(=O)N(C)C)c4)cc3)C[C@@H]2O)nc1. The lowest BCUT2D eigenvalue weighted by Crippen LogP contribution is -2.51. The molecule has 1 saturated heterocycles. The molecule has 2 atom stereocenters. The van der Waals surface area contributed by atoms with Gasteiger partial charge in [0.25, 0.3) is 5.91 Å². The number of aliphatic hydroxyl groups is 1. The minimum absolute atomic E-state index is 0.00598. The first-order valence-electron chi connectivity index (χ1n) is 11.3. The van der Waals surface area contributed by atoms with E-state index in [9.17, 15) is 18.3 Å². The molecule has 0 spiro atoms. The van der Waals surface area contributed by atoms with Gasteiger partial charge in [0, 0.05) is 39.6 Å². The summed E-state index contributed by atoms with van der Waals surface area (Å²) in [7, 11) is -0.455. The van der Waals surface area contributed by atoms with Gasteiger partial charge < -0.3 is 15.3 Å². The molecule has 2 aromatic heterocycles.